The third-order valence-electron chi connectivity index (χ3n) is 2.29. The molecule has 0 spiro atoms. The van der Waals surface area contributed by atoms with Crippen LogP contribution in [0.3, 0.4) is 0 Å². The Morgan fingerprint density at radius 1 is 0.941 bits per heavy atom. The first-order valence-electron chi connectivity index (χ1n) is 4.93. The van der Waals surface area contributed by atoms with Crippen LogP contribution in [0.1, 0.15) is 23.6 Å². The molecule has 4 heteroatoms. The summed E-state index contributed by atoms with van der Waals surface area (Å²) in [4.78, 5) is 0. The zero-order chi connectivity index (χ0) is 12.0. The Balaban J connectivity index is -0.000000464. The molecule has 0 aromatic heterocycles. The fourth-order valence-corrected chi connectivity index (χ4v) is 1.45. The minimum Gasteiger partial charge on any atom is -0.554 e. The second-order valence-corrected chi connectivity index (χ2v) is 3.07. The van der Waals surface area contributed by atoms with E-state index in [-0.39, 0.29) is 40.0 Å². The van der Waals surface area contributed by atoms with Crippen LogP contribution in [0.2, 0.25) is 0 Å². The maximum absolute atomic E-state index is 5.27. The fourth-order valence-electron chi connectivity index (χ4n) is 1.45. The van der Waals surface area contributed by atoms with Crippen molar-refractivity contribution >= 4 is 40.0 Å². The first kappa shape index (κ1) is 22.3. The summed E-state index contributed by atoms with van der Waals surface area (Å²) in [7, 11) is 3.33. The van der Waals surface area contributed by atoms with Crippen molar-refractivity contribution in [3.8, 4) is 11.5 Å². The van der Waals surface area contributed by atoms with Gasteiger partial charge in [-0.05, 0) is 0 Å². The maximum atomic E-state index is 5.27. The normalized spacial score (nSPS) is 7.94. The number of aryl methyl sites for hydroxylation is 1. The van der Waals surface area contributed by atoms with Crippen molar-refractivity contribution in [3.05, 3.63) is 29.7 Å². The molecule has 0 atom stereocenters. The van der Waals surface area contributed by atoms with Gasteiger partial charge in [0, 0.05) is 11.5 Å². The zero-order valence-corrected chi connectivity index (χ0v) is 14.8. The van der Waals surface area contributed by atoms with Crippen molar-refractivity contribution in [2.24, 2.45) is 0 Å². The van der Waals surface area contributed by atoms with Crippen molar-refractivity contribution in [3.63, 3.8) is 0 Å². The molecule has 0 bridgehead atoms. The van der Waals surface area contributed by atoms with E-state index in [0.717, 1.165) is 28.2 Å². The Morgan fingerprint density at radius 3 is 1.76 bits per heavy atom. The van der Waals surface area contributed by atoms with Gasteiger partial charge < -0.3 is 16.4 Å². The van der Waals surface area contributed by atoms with Crippen LogP contribution in [-0.2, 0) is 0 Å². The molecule has 17 heavy (non-hydrogen) atoms. The average molecular weight is 314 g/mol. The van der Waals surface area contributed by atoms with E-state index in [9.17, 15) is 0 Å². The van der Waals surface area contributed by atoms with E-state index in [1.165, 1.54) is 0 Å². The smallest absolute Gasteiger partial charge is 0.554 e. The number of rotatable bonds is 2. The molecule has 2 nitrogen and oxygen atoms in total. The molecule has 1 aromatic carbocycles. The van der Waals surface area contributed by atoms with Gasteiger partial charge in [-0.3, -0.25) is 0 Å². The Kier molecular flexibility index (Phi) is 14.6. The maximum Gasteiger partial charge on any atom is 2.00 e. The SMILES string of the molecule is Br.COc1[c-]c(C)c(OC)c(C)c1C.[CH2-]C.[Mg+2]. The van der Waals surface area contributed by atoms with E-state index in [4.69, 9.17) is 9.47 Å². The van der Waals surface area contributed by atoms with Crippen LogP contribution < -0.4 is 9.47 Å². The van der Waals surface area contributed by atoms with Crippen molar-refractivity contribution < 1.29 is 9.47 Å². The summed E-state index contributed by atoms with van der Waals surface area (Å²) in [6.07, 6.45) is 0. The van der Waals surface area contributed by atoms with Crippen LogP contribution in [0.15, 0.2) is 0 Å². The van der Waals surface area contributed by atoms with Crippen molar-refractivity contribution in [2.75, 3.05) is 14.2 Å². The molecule has 0 unspecified atom stereocenters. The third kappa shape index (κ3) is 5.49. The molecule has 0 heterocycles. The molecule has 0 fully saturated rings. The van der Waals surface area contributed by atoms with Gasteiger partial charge in [0.15, 0.2) is 0 Å². The van der Waals surface area contributed by atoms with E-state index in [0.29, 0.717) is 0 Å². The summed E-state index contributed by atoms with van der Waals surface area (Å²) in [6, 6.07) is 3.14. The molecule has 0 saturated heterocycles. The standard InChI is InChI=1S/C11H15O2.C2H5.BrH.Mg/c1-7-6-10(12-4)8(2)9(3)11(7)13-5;1-2;;/h1-5H3;1H2,2H3;1H;/q2*-1;;+2. The minimum atomic E-state index is 0. The minimum absolute atomic E-state index is 0. The second kappa shape index (κ2) is 11.2. The van der Waals surface area contributed by atoms with Gasteiger partial charge in [-0.2, -0.15) is 6.92 Å². The van der Waals surface area contributed by atoms with Crippen molar-refractivity contribution in [2.45, 2.75) is 27.7 Å². The third-order valence-corrected chi connectivity index (χ3v) is 2.29. The van der Waals surface area contributed by atoms with Crippen LogP contribution in [-0.4, -0.2) is 37.3 Å². The van der Waals surface area contributed by atoms with Gasteiger partial charge in [-0.1, -0.05) is 20.8 Å². The number of ether oxygens (including phenoxy) is 2. The number of methoxy groups -OCH3 is 2. The van der Waals surface area contributed by atoms with Crippen LogP contribution in [0.25, 0.3) is 0 Å². The monoisotopic (exact) mass is 312 g/mol. The van der Waals surface area contributed by atoms with Gasteiger partial charge >= 0.3 is 23.1 Å². The van der Waals surface area contributed by atoms with Gasteiger partial charge in [0.05, 0.1) is 14.2 Å². The Morgan fingerprint density at radius 2 is 1.41 bits per heavy atom. The van der Waals surface area contributed by atoms with E-state index >= 15 is 0 Å². The van der Waals surface area contributed by atoms with Crippen LogP contribution in [0, 0.1) is 33.8 Å². The molecule has 0 aliphatic carbocycles. The van der Waals surface area contributed by atoms with E-state index in [2.05, 4.69) is 13.0 Å². The molecule has 0 amide bonds. The average Bonchev–Trinajstić information content (AvgIpc) is 2.27. The first-order chi connectivity index (χ1) is 7.11. The summed E-state index contributed by atoms with van der Waals surface area (Å²) in [5, 5.41) is 0. The molecule has 0 aliphatic heterocycles. The summed E-state index contributed by atoms with van der Waals surface area (Å²) in [6.45, 7) is 11.0. The first-order valence-corrected chi connectivity index (χ1v) is 4.93. The number of hydrogen-bond donors (Lipinski definition) is 0. The van der Waals surface area contributed by atoms with E-state index in [1.807, 2.05) is 20.8 Å². The van der Waals surface area contributed by atoms with Gasteiger partial charge in [0.25, 0.3) is 0 Å². The molecule has 0 aliphatic rings. The van der Waals surface area contributed by atoms with Crippen LogP contribution in [0.4, 0.5) is 0 Å². The molecule has 0 N–H and O–H groups in total. The van der Waals surface area contributed by atoms with E-state index in [1.54, 1.807) is 21.1 Å². The Hall–Kier alpha value is 0.0662. The van der Waals surface area contributed by atoms with E-state index < -0.39 is 0 Å². The van der Waals surface area contributed by atoms with Gasteiger partial charge in [0.1, 0.15) is 0 Å². The number of hydrogen-bond acceptors (Lipinski definition) is 2. The van der Waals surface area contributed by atoms with Gasteiger partial charge in [0.2, 0.25) is 0 Å². The summed E-state index contributed by atoms with van der Waals surface area (Å²) < 4.78 is 10.5. The van der Waals surface area contributed by atoms with Crippen LogP contribution >= 0.6 is 17.0 Å². The van der Waals surface area contributed by atoms with Gasteiger partial charge in [-0.25, -0.2) is 0 Å². The Bertz CT molecular complexity index is 328. The number of halogens is 1. The number of benzene rings is 1. The Labute approximate surface area is 132 Å². The van der Waals surface area contributed by atoms with Crippen molar-refractivity contribution in [1.82, 2.24) is 0 Å². The molecule has 0 radical (unpaired) electrons. The summed E-state index contributed by atoms with van der Waals surface area (Å²) in [5.74, 6) is 1.70. The molecule has 1 rings (SSSR count). The summed E-state index contributed by atoms with van der Waals surface area (Å²) >= 11 is 0. The quantitative estimate of drug-likeness (QED) is 0.615. The molecule has 0 saturated carbocycles. The van der Waals surface area contributed by atoms with Crippen LogP contribution in [0.5, 0.6) is 11.5 Å². The molecule has 94 valence electrons. The zero-order valence-electron chi connectivity index (χ0n) is 11.6. The predicted octanol–water partition coefficient (Wildman–Crippen LogP) is 3.47. The van der Waals surface area contributed by atoms with Crippen molar-refractivity contribution in [1.29, 1.82) is 0 Å². The van der Waals surface area contributed by atoms with Gasteiger partial charge in [-0.15, -0.1) is 39.7 Å². The second-order valence-electron chi connectivity index (χ2n) is 3.07. The fraction of sp³-hybridized carbons (Fsp3) is 0.462. The topological polar surface area (TPSA) is 18.5 Å². The molecular weight excluding hydrogens is 292 g/mol. The molecule has 1 aromatic rings. The summed E-state index contributed by atoms with van der Waals surface area (Å²) in [5.41, 5.74) is 3.20. The largest absolute Gasteiger partial charge is 2.00 e. The molecular formula is C13H21BrMgO2. The predicted molar refractivity (Wildman–Crippen MR) is 79.7 cm³/mol.